The summed E-state index contributed by atoms with van der Waals surface area (Å²) in [6, 6.07) is 0. The van der Waals surface area contributed by atoms with E-state index in [0.29, 0.717) is 12.8 Å². The van der Waals surface area contributed by atoms with Gasteiger partial charge >= 0.3 is 11.9 Å². The molecule has 1 N–H and O–H groups in total. The molecule has 0 amide bonds. The van der Waals surface area contributed by atoms with Gasteiger partial charge in [-0.05, 0) is 96.3 Å². The van der Waals surface area contributed by atoms with Gasteiger partial charge in [0.1, 0.15) is 6.61 Å². The van der Waals surface area contributed by atoms with Crippen LogP contribution in [0.1, 0.15) is 284 Å². The molecule has 5 heteroatoms. The van der Waals surface area contributed by atoms with Gasteiger partial charge in [-0.25, -0.2) is 0 Å². The number of aliphatic hydroxyl groups excluding tert-OH is 1. The van der Waals surface area contributed by atoms with E-state index in [1.54, 1.807) is 0 Å². The molecule has 412 valence electrons. The average molecular weight is 1000 g/mol. The van der Waals surface area contributed by atoms with Gasteiger partial charge in [0.2, 0.25) is 0 Å². The zero-order chi connectivity index (χ0) is 52.0. The second-order valence-corrected chi connectivity index (χ2v) is 20.0. The summed E-state index contributed by atoms with van der Waals surface area (Å²) in [6.45, 7) is 3.93. The molecule has 0 aromatic rings. The summed E-state index contributed by atoms with van der Waals surface area (Å²) in [5, 5.41) is 9.67. The van der Waals surface area contributed by atoms with E-state index >= 15 is 0 Å². The molecule has 0 aromatic heterocycles. The number of carbonyl (C=O) groups is 2. The van der Waals surface area contributed by atoms with Crippen molar-refractivity contribution in [1.29, 1.82) is 0 Å². The van der Waals surface area contributed by atoms with E-state index in [1.165, 1.54) is 161 Å². The van der Waals surface area contributed by atoms with Crippen molar-refractivity contribution in [3.63, 3.8) is 0 Å². The molecule has 0 aliphatic rings. The van der Waals surface area contributed by atoms with Crippen molar-refractivity contribution in [2.75, 3.05) is 13.2 Å². The number of esters is 2. The molecular weight excluding hydrogens is 885 g/mol. The lowest BCUT2D eigenvalue weighted by Crippen LogP contribution is -2.28. The molecule has 0 aliphatic carbocycles. The summed E-state index contributed by atoms with van der Waals surface area (Å²) in [7, 11) is 0. The molecule has 1 atom stereocenters. The van der Waals surface area contributed by atoms with Crippen LogP contribution in [-0.4, -0.2) is 36.4 Å². The quantitative estimate of drug-likeness (QED) is 0.0373. The Morgan fingerprint density at radius 2 is 0.556 bits per heavy atom. The zero-order valence-corrected chi connectivity index (χ0v) is 47.2. The highest BCUT2D eigenvalue weighted by molar-refractivity contribution is 5.70. The predicted octanol–water partition coefficient (Wildman–Crippen LogP) is 20.9. The van der Waals surface area contributed by atoms with Gasteiger partial charge in [0.25, 0.3) is 0 Å². The van der Waals surface area contributed by atoms with Crippen LogP contribution in [0.15, 0.2) is 109 Å². The Bertz CT molecular complexity index is 1410. The van der Waals surface area contributed by atoms with Gasteiger partial charge < -0.3 is 14.6 Å². The molecular formula is C67H114O5. The van der Waals surface area contributed by atoms with Gasteiger partial charge in [-0.1, -0.05) is 284 Å². The minimum atomic E-state index is -0.779. The number of carbonyl (C=O) groups excluding carboxylic acids is 2. The van der Waals surface area contributed by atoms with Crippen LogP contribution in [0.5, 0.6) is 0 Å². The summed E-state index contributed by atoms with van der Waals surface area (Å²) >= 11 is 0. The fourth-order valence-corrected chi connectivity index (χ4v) is 8.58. The van der Waals surface area contributed by atoms with E-state index < -0.39 is 6.10 Å². The molecule has 0 bridgehead atoms. The lowest BCUT2D eigenvalue weighted by molar-refractivity contribution is -0.161. The largest absolute Gasteiger partial charge is 0.462 e. The van der Waals surface area contributed by atoms with E-state index in [9.17, 15) is 14.7 Å². The maximum atomic E-state index is 12.3. The maximum absolute atomic E-state index is 12.3. The third-order valence-corrected chi connectivity index (χ3v) is 13.1. The molecule has 0 spiro atoms. The number of hydrogen-bond donors (Lipinski definition) is 1. The summed E-state index contributed by atoms with van der Waals surface area (Å²) in [5.74, 6) is -0.590. The highest BCUT2D eigenvalue weighted by Crippen LogP contribution is 2.17. The third kappa shape index (κ3) is 59.1. The fourth-order valence-electron chi connectivity index (χ4n) is 8.58. The standard InChI is InChI=1S/C67H114O5/c1-3-5-7-9-11-13-15-17-19-21-23-25-27-28-29-30-31-32-33-34-35-36-37-38-40-42-44-46-48-50-52-54-56-58-60-62-67(70)72-65(63-68)64-71-66(69)61-59-57-55-53-51-49-47-45-43-41-39-26-24-22-20-18-16-14-12-10-8-6-4-2/h5-8,11-14,17-20,23-26,28-29,65,68H,3-4,9-10,15-16,21-22,27,30-64H2,1-2H3/b7-5-,8-6-,13-11-,14-12-,19-17-,20-18-,25-23-,26-24-,29-28-. The van der Waals surface area contributed by atoms with Gasteiger partial charge in [-0.2, -0.15) is 0 Å². The Labute approximate surface area is 446 Å². The molecule has 0 rings (SSSR count). The van der Waals surface area contributed by atoms with E-state index in [-0.39, 0.29) is 25.2 Å². The Hall–Kier alpha value is -3.44. The van der Waals surface area contributed by atoms with Crippen LogP contribution in [-0.2, 0) is 19.1 Å². The normalized spacial score (nSPS) is 13.0. The second kappa shape index (κ2) is 61.9. The van der Waals surface area contributed by atoms with Gasteiger partial charge in [-0.3, -0.25) is 9.59 Å². The minimum Gasteiger partial charge on any atom is -0.462 e. The van der Waals surface area contributed by atoms with Crippen LogP contribution >= 0.6 is 0 Å². The van der Waals surface area contributed by atoms with Crippen LogP contribution in [0.4, 0.5) is 0 Å². The first-order valence-corrected chi connectivity index (χ1v) is 30.4. The van der Waals surface area contributed by atoms with E-state index in [2.05, 4.69) is 123 Å². The average Bonchev–Trinajstić information content (AvgIpc) is 3.38. The molecule has 0 aliphatic heterocycles. The highest BCUT2D eigenvalue weighted by atomic mass is 16.6. The molecule has 1 unspecified atom stereocenters. The third-order valence-electron chi connectivity index (χ3n) is 13.1. The summed E-state index contributed by atoms with van der Waals surface area (Å²) < 4.78 is 10.7. The van der Waals surface area contributed by atoms with Crippen molar-refractivity contribution in [1.82, 2.24) is 0 Å². The van der Waals surface area contributed by atoms with Crippen molar-refractivity contribution >= 4 is 11.9 Å². The summed E-state index contributed by atoms with van der Waals surface area (Å²) in [6.07, 6.45) is 89.4. The first-order chi connectivity index (χ1) is 35.6. The van der Waals surface area contributed by atoms with Crippen LogP contribution in [0, 0.1) is 0 Å². The molecule has 0 heterocycles. The number of rotatable bonds is 55. The van der Waals surface area contributed by atoms with Crippen molar-refractivity contribution in [2.45, 2.75) is 290 Å². The monoisotopic (exact) mass is 999 g/mol. The first kappa shape index (κ1) is 68.6. The topological polar surface area (TPSA) is 72.8 Å². The van der Waals surface area contributed by atoms with E-state index in [4.69, 9.17) is 9.47 Å². The number of unbranched alkanes of at least 4 members (excludes halogenated alkanes) is 29. The molecule has 5 nitrogen and oxygen atoms in total. The molecule has 0 aromatic carbocycles. The zero-order valence-electron chi connectivity index (χ0n) is 47.2. The van der Waals surface area contributed by atoms with Crippen molar-refractivity contribution < 1.29 is 24.2 Å². The lowest BCUT2D eigenvalue weighted by Gasteiger charge is -2.15. The first-order valence-electron chi connectivity index (χ1n) is 30.4. The van der Waals surface area contributed by atoms with Crippen LogP contribution in [0.2, 0.25) is 0 Å². The van der Waals surface area contributed by atoms with Gasteiger partial charge in [0.15, 0.2) is 6.10 Å². The van der Waals surface area contributed by atoms with E-state index in [0.717, 1.165) is 96.3 Å². The Morgan fingerprint density at radius 3 is 0.833 bits per heavy atom. The van der Waals surface area contributed by atoms with Gasteiger partial charge in [-0.15, -0.1) is 0 Å². The molecule has 0 saturated carbocycles. The highest BCUT2D eigenvalue weighted by Gasteiger charge is 2.16. The second-order valence-electron chi connectivity index (χ2n) is 20.0. The lowest BCUT2D eigenvalue weighted by atomic mass is 10.0. The Balaban J connectivity index is 3.47. The smallest absolute Gasteiger partial charge is 0.306 e. The predicted molar refractivity (Wildman–Crippen MR) is 315 cm³/mol. The van der Waals surface area contributed by atoms with Gasteiger partial charge in [0, 0.05) is 12.8 Å². The number of aliphatic hydroxyl groups is 1. The maximum Gasteiger partial charge on any atom is 0.306 e. The summed E-state index contributed by atoms with van der Waals surface area (Å²) in [4.78, 5) is 24.6. The number of allylic oxidation sites excluding steroid dienone is 18. The summed E-state index contributed by atoms with van der Waals surface area (Å²) in [5.41, 5.74) is 0. The molecule has 0 radical (unpaired) electrons. The number of hydrogen-bond acceptors (Lipinski definition) is 5. The molecule has 72 heavy (non-hydrogen) atoms. The van der Waals surface area contributed by atoms with Crippen molar-refractivity contribution in [3.05, 3.63) is 109 Å². The number of ether oxygens (including phenoxy) is 2. The van der Waals surface area contributed by atoms with Crippen molar-refractivity contribution in [2.24, 2.45) is 0 Å². The fraction of sp³-hybridized carbons (Fsp3) is 0.701. The SMILES string of the molecule is CC/C=C\C/C=C\C/C=C\C/C=C\C/C=C\CCCCCCCCCCCCCCCCCCCCCC(=O)OC(CO)COC(=O)CCCCCCCCCCCC/C=C\C/C=C\C/C=C\C/C=C\CC. The molecule has 0 fully saturated rings. The van der Waals surface area contributed by atoms with Crippen LogP contribution in [0.3, 0.4) is 0 Å². The Kier molecular flexibility index (Phi) is 58.9. The van der Waals surface area contributed by atoms with E-state index in [1.807, 2.05) is 0 Å². The Morgan fingerprint density at radius 1 is 0.319 bits per heavy atom. The van der Waals surface area contributed by atoms with Crippen molar-refractivity contribution in [3.8, 4) is 0 Å². The van der Waals surface area contributed by atoms with Crippen LogP contribution < -0.4 is 0 Å². The minimum absolute atomic E-state index is 0.0703. The van der Waals surface area contributed by atoms with Crippen LogP contribution in [0.25, 0.3) is 0 Å². The molecule has 0 saturated heterocycles. The van der Waals surface area contributed by atoms with Gasteiger partial charge in [0.05, 0.1) is 6.61 Å².